The summed E-state index contributed by atoms with van der Waals surface area (Å²) < 4.78 is 5.35. The van der Waals surface area contributed by atoms with E-state index in [4.69, 9.17) is 10.5 Å². The molecule has 1 aliphatic rings. The second-order valence-electron chi connectivity index (χ2n) is 7.10. The smallest absolute Gasteiger partial charge is 0.333 e. The van der Waals surface area contributed by atoms with E-state index in [0.717, 1.165) is 31.5 Å². The average molecular weight is 386 g/mol. The minimum absolute atomic E-state index is 0.0152. The molecule has 3 rings (SSSR count). The van der Waals surface area contributed by atoms with Gasteiger partial charge in [0.05, 0.1) is 12.0 Å². The Balaban J connectivity index is 1.85. The molecule has 1 fully saturated rings. The predicted octanol–water partition coefficient (Wildman–Crippen LogP) is 2.32. The number of aromatic nitrogens is 2. The maximum atomic E-state index is 11.8. The first-order valence-electron chi connectivity index (χ1n) is 9.33. The van der Waals surface area contributed by atoms with Gasteiger partial charge < -0.3 is 20.7 Å². The zero-order valence-electron chi connectivity index (χ0n) is 16.2. The van der Waals surface area contributed by atoms with Crippen LogP contribution in [0.4, 0.5) is 17.5 Å². The Bertz CT molecular complexity index is 836. The Morgan fingerprint density at radius 1 is 1.32 bits per heavy atom. The number of nitrogens with two attached hydrogens (primary N) is 1. The van der Waals surface area contributed by atoms with Crippen LogP contribution in [-0.2, 0) is 6.42 Å². The molecule has 9 nitrogen and oxygen atoms in total. The Morgan fingerprint density at radius 3 is 2.71 bits per heavy atom. The molecule has 28 heavy (non-hydrogen) atoms. The van der Waals surface area contributed by atoms with Gasteiger partial charge in [0.15, 0.2) is 0 Å². The summed E-state index contributed by atoms with van der Waals surface area (Å²) in [6.45, 7) is 2.68. The maximum Gasteiger partial charge on any atom is 0.333 e. The lowest BCUT2D eigenvalue weighted by Gasteiger charge is -2.29. The molecule has 1 aromatic carbocycles. The van der Waals surface area contributed by atoms with Crippen LogP contribution in [0.1, 0.15) is 24.1 Å². The summed E-state index contributed by atoms with van der Waals surface area (Å²) >= 11 is 0. The van der Waals surface area contributed by atoms with Crippen molar-refractivity contribution in [3.05, 3.63) is 45.6 Å². The quantitative estimate of drug-likeness (QED) is 0.549. The van der Waals surface area contributed by atoms with E-state index in [1.165, 1.54) is 0 Å². The number of nitrogens with one attached hydrogen (secondary N) is 1. The van der Waals surface area contributed by atoms with Crippen LogP contribution >= 0.6 is 0 Å². The van der Waals surface area contributed by atoms with Crippen LogP contribution in [0.5, 0.6) is 5.75 Å². The topological polar surface area (TPSA) is 119 Å². The van der Waals surface area contributed by atoms with Gasteiger partial charge in [-0.2, -0.15) is 4.98 Å². The molecule has 2 heterocycles. The zero-order valence-corrected chi connectivity index (χ0v) is 16.2. The molecule has 1 aliphatic heterocycles. The van der Waals surface area contributed by atoms with Crippen LogP contribution < -0.4 is 15.8 Å². The number of nitro groups is 1. The lowest BCUT2D eigenvalue weighted by atomic mass is 9.97. The zero-order chi connectivity index (χ0) is 20.1. The van der Waals surface area contributed by atoms with E-state index in [9.17, 15) is 10.1 Å². The van der Waals surface area contributed by atoms with Crippen LogP contribution in [0.15, 0.2) is 24.3 Å². The van der Waals surface area contributed by atoms with E-state index < -0.39 is 4.92 Å². The molecule has 0 bridgehead atoms. The number of benzene rings is 1. The van der Waals surface area contributed by atoms with Crippen molar-refractivity contribution >= 4 is 17.5 Å². The van der Waals surface area contributed by atoms with Crippen molar-refractivity contribution < 1.29 is 9.66 Å². The van der Waals surface area contributed by atoms with Crippen LogP contribution in [0.25, 0.3) is 0 Å². The second kappa shape index (κ2) is 8.83. The predicted molar refractivity (Wildman–Crippen MR) is 108 cm³/mol. The highest BCUT2D eigenvalue weighted by molar-refractivity contribution is 5.61. The van der Waals surface area contributed by atoms with Crippen LogP contribution in [0.3, 0.4) is 0 Å². The molecule has 1 saturated heterocycles. The minimum Gasteiger partial charge on any atom is -0.496 e. The number of hydrogen-bond acceptors (Lipinski definition) is 8. The number of nitrogen functional groups attached to an aromatic ring is 1. The van der Waals surface area contributed by atoms with Gasteiger partial charge in [-0.1, -0.05) is 18.2 Å². The van der Waals surface area contributed by atoms with Crippen LogP contribution in [0.2, 0.25) is 0 Å². The molecular formula is C19H26N6O3. The lowest BCUT2D eigenvalue weighted by Crippen LogP contribution is -2.33. The van der Waals surface area contributed by atoms with Crippen LogP contribution in [0, 0.1) is 16.0 Å². The summed E-state index contributed by atoms with van der Waals surface area (Å²) in [5.74, 6) is 1.29. The molecule has 0 unspecified atom stereocenters. The standard InChI is InChI=1S/C19H26N6O3/c1-24-9-7-13(8-10-24)12-21-18-17(25(26)27)15(22-19(20)23-18)11-14-5-3-4-6-16(14)28-2/h3-6,13H,7-12H2,1-2H3,(H3,20,21,22,23). The van der Waals surface area contributed by atoms with Gasteiger partial charge in [-0.25, -0.2) is 4.98 Å². The molecule has 0 spiro atoms. The molecule has 2 aromatic rings. The van der Waals surface area contributed by atoms with E-state index in [-0.39, 0.29) is 29.6 Å². The summed E-state index contributed by atoms with van der Waals surface area (Å²) in [5, 5.41) is 15.0. The molecule has 0 aliphatic carbocycles. The Hall–Kier alpha value is -2.94. The van der Waals surface area contributed by atoms with Crippen molar-refractivity contribution in [3.8, 4) is 5.75 Å². The number of piperidine rings is 1. The number of nitrogens with zero attached hydrogens (tertiary/aromatic N) is 4. The summed E-state index contributed by atoms with van der Waals surface area (Å²) in [5.41, 5.74) is 6.80. The molecule has 0 amide bonds. The summed E-state index contributed by atoms with van der Waals surface area (Å²) in [4.78, 5) is 21.9. The van der Waals surface area contributed by atoms with Gasteiger partial charge in [0.25, 0.3) is 0 Å². The minimum atomic E-state index is -0.443. The average Bonchev–Trinajstić information content (AvgIpc) is 2.67. The SMILES string of the molecule is COc1ccccc1Cc1nc(N)nc(NCC2CCN(C)CC2)c1[N+](=O)[O-]. The fourth-order valence-corrected chi connectivity index (χ4v) is 3.50. The van der Waals surface area contributed by atoms with Crippen molar-refractivity contribution in [1.29, 1.82) is 0 Å². The summed E-state index contributed by atoms with van der Waals surface area (Å²) in [7, 11) is 3.67. The number of para-hydroxylation sites is 1. The first-order valence-corrected chi connectivity index (χ1v) is 9.33. The highest BCUT2D eigenvalue weighted by Crippen LogP contribution is 2.31. The number of methoxy groups -OCH3 is 1. The molecule has 150 valence electrons. The van der Waals surface area contributed by atoms with Gasteiger partial charge in [-0.05, 0) is 45.0 Å². The van der Waals surface area contributed by atoms with Gasteiger partial charge in [0.1, 0.15) is 11.4 Å². The summed E-state index contributed by atoms with van der Waals surface area (Å²) in [6, 6.07) is 7.37. The first-order chi connectivity index (χ1) is 13.5. The van der Waals surface area contributed by atoms with Gasteiger partial charge in [-0.3, -0.25) is 10.1 Å². The Kier molecular flexibility index (Phi) is 6.25. The van der Waals surface area contributed by atoms with Gasteiger partial charge >= 0.3 is 5.69 Å². The number of hydrogen-bond donors (Lipinski definition) is 2. The highest BCUT2D eigenvalue weighted by Gasteiger charge is 2.26. The van der Waals surface area contributed by atoms with E-state index in [2.05, 4.69) is 27.2 Å². The van der Waals surface area contributed by atoms with Crippen molar-refractivity contribution in [3.63, 3.8) is 0 Å². The number of anilines is 2. The first kappa shape index (κ1) is 19.8. The third-order valence-corrected chi connectivity index (χ3v) is 5.10. The molecule has 0 saturated carbocycles. The van der Waals surface area contributed by atoms with Gasteiger partial charge in [-0.15, -0.1) is 0 Å². The fraction of sp³-hybridized carbons (Fsp3) is 0.474. The van der Waals surface area contributed by atoms with E-state index in [1.54, 1.807) is 7.11 Å². The Labute approximate surface area is 164 Å². The summed E-state index contributed by atoms with van der Waals surface area (Å²) in [6.07, 6.45) is 2.33. The van der Waals surface area contributed by atoms with Crippen molar-refractivity contribution in [2.24, 2.45) is 5.92 Å². The van der Waals surface area contributed by atoms with E-state index in [0.29, 0.717) is 18.2 Å². The van der Waals surface area contributed by atoms with Crippen LogP contribution in [-0.4, -0.2) is 53.6 Å². The third kappa shape index (κ3) is 4.66. The number of likely N-dealkylation sites (tertiary alicyclic amines) is 1. The Morgan fingerprint density at radius 2 is 2.04 bits per heavy atom. The van der Waals surface area contributed by atoms with E-state index in [1.807, 2.05) is 24.3 Å². The normalized spacial score (nSPS) is 15.4. The monoisotopic (exact) mass is 386 g/mol. The second-order valence-corrected chi connectivity index (χ2v) is 7.10. The van der Waals surface area contributed by atoms with E-state index >= 15 is 0 Å². The number of rotatable bonds is 7. The van der Waals surface area contributed by atoms with Crippen molar-refractivity contribution in [1.82, 2.24) is 14.9 Å². The largest absolute Gasteiger partial charge is 0.496 e. The van der Waals surface area contributed by atoms with Gasteiger partial charge in [0.2, 0.25) is 11.8 Å². The molecule has 0 atom stereocenters. The molecule has 1 aromatic heterocycles. The molecular weight excluding hydrogens is 360 g/mol. The fourth-order valence-electron chi connectivity index (χ4n) is 3.50. The molecule has 3 N–H and O–H groups in total. The maximum absolute atomic E-state index is 11.8. The number of ether oxygens (including phenoxy) is 1. The highest BCUT2D eigenvalue weighted by atomic mass is 16.6. The lowest BCUT2D eigenvalue weighted by molar-refractivity contribution is -0.385. The van der Waals surface area contributed by atoms with Gasteiger partial charge in [0, 0.05) is 18.5 Å². The van der Waals surface area contributed by atoms with Crippen molar-refractivity contribution in [2.75, 3.05) is 44.8 Å². The van der Waals surface area contributed by atoms with Crippen molar-refractivity contribution in [2.45, 2.75) is 19.3 Å². The molecule has 9 heteroatoms. The third-order valence-electron chi connectivity index (χ3n) is 5.10. The molecule has 0 radical (unpaired) electrons.